The number of fused-ring (bicyclic) bond motifs is 1. The Morgan fingerprint density at radius 1 is 0.870 bits per heavy atom. The molecule has 69 heavy (non-hydrogen) atoms. The highest BCUT2D eigenvalue weighted by atomic mass is 32.2. The van der Waals surface area contributed by atoms with E-state index in [9.17, 15) is 19.5 Å². The van der Waals surface area contributed by atoms with Crippen LogP contribution in [0.25, 0.3) is 0 Å². The van der Waals surface area contributed by atoms with Gasteiger partial charge < -0.3 is 45.5 Å². The van der Waals surface area contributed by atoms with E-state index in [1.165, 1.54) is 43.4 Å². The second-order valence-electron chi connectivity index (χ2n) is 22.2. The number of thioether (sulfide) groups is 1. The summed E-state index contributed by atoms with van der Waals surface area (Å²) in [7, 11) is 0. The quantitative estimate of drug-likeness (QED) is 0.0577. The molecule has 11 atom stereocenters. The first-order valence-corrected chi connectivity index (χ1v) is 28.0. The van der Waals surface area contributed by atoms with E-state index < -0.39 is 29.5 Å². The molecule has 20 heteroatoms. The Hall–Kier alpha value is -1.76. The van der Waals surface area contributed by atoms with E-state index in [2.05, 4.69) is 79.1 Å². The van der Waals surface area contributed by atoms with Crippen LogP contribution in [0.4, 0.5) is 0 Å². The number of nitrogens with one attached hydrogen (secondary N) is 9. The van der Waals surface area contributed by atoms with Gasteiger partial charge in [-0.2, -0.15) is 5.53 Å². The van der Waals surface area contributed by atoms with E-state index in [4.69, 9.17) is 14.2 Å². The van der Waals surface area contributed by atoms with Crippen molar-refractivity contribution in [1.82, 2.24) is 63.2 Å². The second kappa shape index (κ2) is 27.0. The molecule has 7 rings (SSSR count). The summed E-state index contributed by atoms with van der Waals surface area (Å²) >= 11 is 2.03. The number of aliphatic hydroxyl groups is 1. The third kappa shape index (κ3) is 15.9. The zero-order valence-corrected chi connectivity index (χ0v) is 43.7. The van der Waals surface area contributed by atoms with Crippen molar-refractivity contribution in [2.45, 2.75) is 185 Å². The van der Waals surface area contributed by atoms with Crippen LogP contribution >= 0.6 is 11.8 Å². The molecule has 396 valence electrons. The molecule has 6 unspecified atom stereocenters. The van der Waals surface area contributed by atoms with Gasteiger partial charge in [0.25, 0.3) is 0 Å². The molecule has 0 radical (unpaired) electrons. The van der Waals surface area contributed by atoms with Gasteiger partial charge in [-0.25, -0.2) is 15.4 Å². The van der Waals surface area contributed by atoms with Crippen molar-refractivity contribution in [3.63, 3.8) is 0 Å². The molecule has 19 nitrogen and oxygen atoms in total. The van der Waals surface area contributed by atoms with Gasteiger partial charge in [0.1, 0.15) is 18.7 Å². The van der Waals surface area contributed by atoms with Crippen LogP contribution in [0.15, 0.2) is 0 Å². The van der Waals surface area contributed by atoms with Crippen LogP contribution in [0.3, 0.4) is 0 Å². The van der Waals surface area contributed by atoms with Crippen LogP contribution in [0, 0.1) is 23.2 Å². The number of β-amino-alcohol motifs (C(OH)–C–C–N with tert-alkyl or cyclic N) is 1. The fourth-order valence-electron chi connectivity index (χ4n) is 12.0. The standard InChI is InChI=1S/C49H92N12O7S/c1-7-34(8-2)40-25-43(61-42(55-40)15-16-53-61)54-37-14-13-36(23-37)50-27-38-28-59(58-57-38)17-18-66-19-20-67-21-22-68-30-44(63)56-46(49(4,5)6)48(65)60-29-39(62)24-41(60)47(64)51-26-33-9-11-35(12-10-33)45-32(3)52-31-69-45/h32-43,45-46,50,52-55,57-58,62H,7-31H2,1-6H3,(H,51,64)(H,56,63)/t32?,33?,35?,36-,37-,38?,39+,40?,41-,42?,43?,45?,46+/m0/s1. The maximum absolute atomic E-state index is 14.0. The lowest BCUT2D eigenvalue weighted by Gasteiger charge is -2.45. The molecule has 0 spiro atoms. The zero-order valence-electron chi connectivity index (χ0n) is 42.9. The van der Waals surface area contributed by atoms with Crippen LogP contribution in [-0.4, -0.2) is 189 Å². The Balaban J connectivity index is 0.701. The molecule has 7 aliphatic rings. The third-order valence-electron chi connectivity index (χ3n) is 16.1. The number of hydrazine groups is 3. The van der Waals surface area contributed by atoms with Crippen molar-refractivity contribution in [1.29, 1.82) is 0 Å². The first-order chi connectivity index (χ1) is 33.3. The van der Waals surface area contributed by atoms with Gasteiger partial charge in [0.15, 0.2) is 0 Å². The van der Waals surface area contributed by atoms with Crippen molar-refractivity contribution >= 4 is 29.5 Å². The van der Waals surface area contributed by atoms with E-state index in [-0.39, 0.29) is 38.0 Å². The highest BCUT2D eigenvalue weighted by molar-refractivity contribution is 8.00. The number of rotatable bonds is 25. The number of likely N-dealkylation sites (tertiary alicyclic amines) is 1. The fourth-order valence-corrected chi connectivity index (χ4v) is 13.5. The van der Waals surface area contributed by atoms with E-state index in [1.54, 1.807) is 0 Å². The zero-order chi connectivity index (χ0) is 48.9. The molecule has 3 amide bonds. The lowest BCUT2D eigenvalue weighted by molar-refractivity contribution is -0.144. The summed E-state index contributed by atoms with van der Waals surface area (Å²) in [4.78, 5) is 42.0. The van der Waals surface area contributed by atoms with Gasteiger partial charge in [0.05, 0.1) is 51.5 Å². The van der Waals surface area contributed by atoms with Crippen LogP contribution in [0.5, 0.6) is 0 Å². The Morgan fingerprint density at radius 2 is 1.61 bits per heavy atom. The average Bonchev–Trinajstić information content (AvgIpc) is 4.20. The van der Waals surface area contributed by atoms with Crippen LogP contribution in [0.2, 0.25) is 0 Å². The Morgan fingerprint density at radius 3 is 2.33 bits per heavy atom. The molecule has 0 aromatic heterocycles. The maximum Gasteiger partial charge on any atom is 0.246 e. The van der Waals surface area contributed by atoms with E-state index in [0.29, 0.717) is 92.6 Å². The van der Waals surface area contributed by atoms with Crippen molar-refractivity contribution < 1.29 is 33.7 Å². The van der Waals surface area contributed by atoms with Crippen LogP contribution < -0.4 is 48.3 Å². The number of carbonyl (C=O) groups excluding carboxylic acids is 3. The number of nitrogens with zero attached hydrogens (tertiary/aromatic N) is 3. The summed E-state index contributed by atoms with van der Waals surface area (Å²) in [5.41, 5.74) is 9.72. The number of hydrogen-bond donors (Lipinski definition) is 10. The van der Waals surface area contributed by atoms with Crippen molar-refractivity contribution in [2.24, 2.45) is 23.2 Å². The van der Waals surface area contributed by atoms with Crippen molar-refractivity contribution in [3.8, 4) is 0 Å². The lowest BCUT2D eigenvalue weighted by Crippen LogP contribution is -2.66. The van der Waals surface area contributed by atoms with Crippen molar-refractivity contribution in [3.05, 3.63) is 0 Å². The molecule has 5 heterocycles. The highest BCUT2D eigenvalue weighted by Crippen LogP contribution is 2.39. The van der Waals surface area contributed by atoms with Crippen LogP contribution in [-0.2, 0) is 28.6 Å². The first-order valence-electron chi connectivity index (χ1n) is 27.0. The smallest absolute Gasteiger partial charge is 0.246 e. The minimum absolute atomic E-state index is 0.0491. The van der Waals surface area contributed by atoms with Gasteiger partial charge in [0, 0.05) is 87.0 Å². The summed E-state index contributed by atoms with van der Waals surface area (Å²) in [5, 5.41) is 37.2. The normalized spacial score (nSPS) is 33.9. The molecule has 0 aromatic carbocycles. The fraction of sp³-hybridized carbons (Fsp3) is 0.939. The number of carbonyl (C=O) groups is 3. The van der Waals surface area contributed by atoms with Gasteiger partial charge in [0.2, 0.25) is 17.7 Å². The molecule has 0 bridgehead atoms. The Kier molecular flexibility index (Phi) is 21.5. The van der Waals surface area contributed by atoms with Gasteiger partial charge in [-0.05, 0) is 87.9 Å². The Labute approximate surface area is 417 Å². The first kappa shape index (κ1) is 55.0. The summed E-state index contributed by atoms with van der Waals surface area (Å²) < 4.78 is 17.1. The molecular formula is C49H92N12O7S. The van der Waals surface area contributed by atoms with E-state index >= 15 is 0 Å². The number of ether oxygens (including phenoxy) is 3. The molecular weight excluding hydrogens is 901 g/mol. The second-order valence-corrected chi connectivity index (χ2v) is 23.4. The summed E-state index contributed by atoms with van der Waals surface area (Å²) in [6, 6.07) is 0.815. The molecule has 2 saturated carbocycles. The molecule has 5 aliphatic heterocycles. The van der Waals surface area contributed by atoms with Gasteiger partial charge in [-0.3, -0.25) is 30.4 Å². The molecule has 2 aliphatic carbocycles. The largest absolute Gasteiger partial charge is 0.391 e. The topological polar surface area (TPSA) is 217 Å². The molecule has 7 fully saturated rings. The van der Waals surface area contributed by atoms with E-state index in [1.807, 2.05) is 32.5 Å². The van der Waals surface area contributed by atoms with Crippen molar-refractivity contribution in [2.75, 3.05) is 84.8 Å². The number of aliphatic hydroxyl groups excluding tert-OH is 1. The monoisotopic (exact) mass is 993 g/mol. The number of hydrogen-bond acceptors (Lipinski definition) is 17. The summed E-state index contributed by atoms with van der Waals surface area (Å²) in [6.07, 6.45) is 13.0. The molecule has 0 aromatic rings. The van der Waals surface area contributed by atoms with Gasteiger partial charge >= 0.3 is 0 Å². The molecule has 5 saturated heterocycles. The predicted octanol–water partition coefficient (Wildman–Crippen LogP) is 0.957. The van der Waals surface area contributed by atoms with Gasteiger partial charge in [-0.1, -0.05) is 47.5 Å². The number of amides is 3. The highest BCUT2D eigenvalue weighted by Gasteiger charge is 2.45. The van der Waals surface area contributed by atoms with Crippen LogP contribution in [0.1, 0.15) is 119 Å². The minimum atomic E-state index is -0.904. The predicted molar refractivity (Wildman–Crippen MR) is 269 cm³/mol. The average molecular weight is 993 g/mol. The van der Waals surface area contributed by atoms with Gasteiger partial charge in [-0.15, -0.1) is 11.8 Å². The Bertz CT molecular complexity index is 1590. The SMILES string of the molecule is CCC(CC)C1CC(N[C@H]2CC[C@H](NCC3CN(CCOCCOCCOCC(=O)N[C@H](C(=O)N4C[C@H](O)C[C@H]4C(=O)NCC4CCC(C5SCNC5C)CC4)C(C)(C)C)NN3)C2)N2NCCC2N1. The minimum Gasteiger partial charge on any atom is -0.391 e. The van der Waals surface area contributed by atoms with E-state index in [0.717, 1.165) is 70.1 Å². The maximum atomic E-state index is 14.0. The summed E-state index contributed by atoms with van der Waals surface area (Å²) in [5.74, 6) is 1.83. The molecule has 10 N–H and O–H groups in total. The third-order valence-corrected chi connectivity index (χ3v) is 17.6. The summed E-state index contributed by atoms with van der Waals surface area (Å²) in [6.45, 7) is 18.5. The lowest BCUT2D eigenvalue weighted by atomic mass is 9.79.